The van der Waals surface area contributed by atoms with Crippen molar-refractivity contribution in [2.45, 2.75) is 63.1 Å². The molecule has 114 valence electrons. The molecule has 2 aliphatic heterocycles. The minimum absolute atomic E-state index is 0.0225. The minimum atomic E-state index is -0.283. The molecule has 2 N–H and O–H groups in total. The summed E-state index contributed by atoms with van der Waals surface area (Å²) in [6.45, 7) is 0. The zero-order valence-corrected chi connectivity index (χ0v) is 12.3. The van der Waals surface area contributed by atoms with Crippen LogP contribution >= 0.6 is 0 Å². The van der Waals surface area contributed by atoms with Crippen LogP contribution in [0.4, 0.5) is 0 Å². The Labute approximate surface area is 124 Å². The first kappa shape index (κ1) is 12.4. The van der Waals surface area contributed by atoms with E-state index in [1.54, 1.807) is 5.01 Å². The average Bonchev–Trinajstić information content (AvgIpc) is 3.07. The van der Waals surface area contributed by atoms with Crippen LogP contribution in [0, 0.1) is 23.7 Å². The predicted molar refractivity (Wildman–Crippen MR) is 75.5 cm³/mol. The van der Waals surface area contributed by atoms with Crippen molar-refractivity contribution in [3.63, 3.8) is 0 Å². The highest BCUT2D eigenvalue weighted by molar-refractivity contribution is 5.87. The second kappa shape index (κ2) is 4.00. The summed E-state index contributed by atoms with van der Waals surface area (Å²) >= 11 is 0. The lowest BCUT2D eigenvalue weighted by molar-refractivity contribution is -0.186. The number of carbonyl (C=O) groups excluding carboxylic acids is 2. The fourth-order valence-corrected chi connectivity index (χ4v) is 6.09. The van der Waals surface area contributed by atoms with E-state index < -0.39 is 0 Å². The van der Waals surface area contributed by atoms with E-state index in [0.717, 1.165) is 19.3 Å². The zero-order chi connectivity index (χ0) is 14.2. The third-order valence-electron chi connectivity index (χ3n) is 6.94. The number of carbonyl (C=O) groups is 2. The molecular weight excluding hydrogens is 266 g/mol. The number of nitrogens with zero attached hydrogens (tertiary/aromatic N) is 1. The molecule has 2 heterocycles. The summed E-state index contributed by atoms with van der Waals surface area (Å²) in [7, 11) is 0. The third kappa shape index (κ3) is 1.46. The van der Waals surface area contributed by atoms with Crippen molar-refractivity contribution in [3.8, 4) is 0 Å². The Balaban J connectivity index is 1.57. The van der Waals surface area contributed by atoms with Crippen LogP contribution < -0.4 is 10.7 Å². The number of fused-ring (bicyclic) bond motifs is 5. The van der Waals surface area contributed by atoms with Crippen molar-refractivity contribution in [1.29, 1.82) is 0 Å². The Morgan fingerprint density at radius 2 is 1.95 bits per heavy atom. The van der Waals surface area contributed by atoms with E-state index in [1.807, 2.05) is 0 Å². The van der Waals surface area contributed by atoms with Gasteiger partial charge in [-0.15, -0.1) is 0 Å². The number of hydrogen-bond donors (Lipinski definition) is 2. The minimum Gasteiger partial charge on any atom is -0.289 e. The molecule has 3 saturated carbocycles. The summed E-state index contributed by atoms with van der Waals surface area (Å²) in [5, 5.41) is 5.65. The molecule has 6 atom stereocenters. The Morgan fingerprint density at radius 1 is 1.10 bits per heavy atom. The molecule has 5 nitrogen and oxygen atoms in total. The lowest BCUT2D eigenvalue weighted by atomic mass is 9.70. The highest BCUT2D eigenvalue weighted by atomic mass is 16.2. The second-order valence-electron chi connectivity index (χ2n) is 7.81. The molecular formula is C16H23N3O2. The smallest absolute Gasteiger partial charge is 0.247 e. The Kier molecular flexibility index (Phi) is 2.37. The summed E-state index contributed by atoms with van der Waals surface area (Å²) in [6.07, 6.45) is 8.63. The van der Waals surface area contributed by atoms with Crippen LogP contribution in [0.5, 0.6) is 0 Å². The molecule has 21 heavy (non-hydrogen) atoms. The topological polar surface area (TPSA) is 61.4 Å². The third-order valence-corrected chi connectivity index (χ3v) is 6.94. The first-order valence-electron chi connectivity index (χ1n) is 8.60. The van der Waals surface area contributed by atoms with Gasteiger partial charge in [-0.2, -0.15) is 0 Å². The summed E-state index contributed by atoms with van der Waals surface area (Å²) in [5.74, 6) is 1.85. The van der Waals surface area contributed by atoms with Crippen molar-refractivity contribution in [2.24, 2.45) is 23.7 Å². The fraction of sp³-hybridized carbons (Fsp3) is 0.875. The lowest BCUT2D eigenvalue weighted by Crippen LogP contribution is -2.80. The molecule has 0 aromatic carbocycles. The Morgan fingerprint density at radius 3 is 2.86 bits per heavy atom. The monoisotopic (exact) mass is 289 g/mol. The van der Waals surface area contributed by atoms with Crippen LogP contribution in [0.15, 0.2) is 0 Å². The Bertz CT molecular complexity index is 522. The fourth-order valence-electron chi connectivity index (χ4n) is 6.09. The van der Waals surface area contributed by atoms with Gasteiger partial charge in [-0.05, 0) is 50.4 Å². The standard InChI is InChI=1S/C16H23N3O2/c20-12-8-11-3-1-2-6-16(11)17-14-10-5-4-9(7-10)13(14)15(21)19(16)18-12/h9-11,13-14,17H,1-8H2,(H,18,20)/t9-,10+,11-,13-,14+,16-/m0/s1. The largest absolute Gasteiger partial charge is 0.289 e. The van der Waals surface area contributed by atoms with Gasteiger partial charge in [-0.25, -0.2) is 5.01 Å². The average molecular weight is 289 g/mol. The molecule has 0 unspecified atom stereocenters. The van der Waals surface area contributed by atoms with Crippen LogP contribution in [0.3, 0.4) is 0 Å². The molecule has 0 aromatic rings. The highest BCUT2D eigenvalue weighted by Gasteiger charge is 2.63. The van der Waals surface area contributed by atoms with Gasteiger partial charge in [0, 0.05) is 18.4 Å². The van der Waals surface area contributed by atoms with Gasteiger partial charge in [0.2, 0.25) is 11.8 Å². The van der Waals surface area contributed by atoms with Gasteiger partial charge >= 0.3 is 0 Å². The quantitative estimate of drug-likeness (QED) is 0.703. The first-order chi connectivity index (χ1) is 10.2. The first-order valence-corrected chi connectivity index (χ1v) is 8.60. The summed E-state index contributed by atoms with van der Waals surface area (Å²) in [5.41, 5.74) is 2.63. The van der Waals surface area contributed by atoms with Gasteiger partial charge in [0.05, 0.1) is 5.92 Å². The van der Waals surface area contributed by atoms with Crippen LogP contribution in [0.2, 0.25) is 0 Å². The van der Waals surface area contributed by atoms with Crippen molar-refractivity contribution < 1.29 is 9.59 Å². The maximum absolute atomic E-state index is 13.1. The molecule has 5 fully saturated rings. The van der Waals surface area contributed by atoms with E-state index in [-0.39, 0.29) is 23.4 Å². The summed E-state index contributed by atoms with van der Waals surface area (Å²) in [6, 6.07) is 0.364. The molecule has 2 bridgehead atoms. The van der Waals surface area contributed by atoms with Crippen LogP contribution in [0.1, 0.15) is 51.4 Å². The van der Waals surface area contributed by atoms with Gasteiger partial charge in [0.15, 0.2) is 0 Å². The van der Waals surface area contributed by atoms with Crippen molar-refractivity contribution in [1.82, 2.24) is 15.8 Å². The summed E-state index contributed by atoms with van der Waals surface area (Å²) < 4.78 is 0. The van der Waals surface area contributed by atoms with Gasteiger partial charge in [-0.1, -0.05) is 6.42 Å². The maximum Gasteiger partial charge on any atom is 0.247 e. The van der Waals surface area contributed by atoms with Crippen LogP contribution in [-0.4, -0.2) is 28.5 Å². The number of hydrazine groups is 1. The van der Waals surface area contributed by atoms with Crippen molar-refractivity contribution >= 4 is 11.8 Å². The molecule has 0 radical (unpaired) electrons. The van der Waals surface area contributed by atoms with Gasteiger partial charge in [0.1, 0.15) is 5.66 Å². The van der Waals surface area contributed by atoms with Crippen LogP contribution in [0.25, 0.3) is 0 Å². The van der Waals surface area contributed by atoms with Crippen LogP contribution in [-0.2, 0) is 9.59 Å². The molecule has 3 aliphatic carbocycles. The normalized spacial score (nSPS) is 51.2. The van der Waals surface area contributed by atoms with E-state index in [9.17, 15) is 9.59 Å². The SMILES string of the molecule is O=C1C[C@@H]2CCCC[C@@]23N[C@@H]2[C@@H]4CC[C@@H](C4)[C@@H]2C(=O)N3N1. The molecule has 5 rings (SSSR count). The second-order valence-corrected chi connectivity index (χ2v) is 7.81. The zero-order valence-electron chi connectivity index (χ0n) is 12.3. The number of amides is 2. The van der Waals surface area contributed by atoms with E-state index >= 15 is 0 Å². The molecule has 5 heteroatoms. The maximum atomic E-state index is 13.1. The van der Waals surface area contributed by atoms with Crippen molar-refractivity contribution in [2.75, 3.05) is 0 Å². The van der Waals surface area contributed by atoms with Gasteiger partial charge < -0.3 is 0 Å². The van der Waals surface area contributed by atoms with E-state index in [0.29, 0.717) is 30.2 Å². The molecule has 2 amide bonds. The Hall–Kier alpha value is -1.10. The molecule has 0 aromatic heterocycles. The number of rotatable bonds is 0. The number of hydrogen-bond acceptors (Lipinski definition) is 3. The predicted octanol–water partition coefficient (Wildman–Crippen LogP) is 1.15. The lowest BCUT2D eigenvalue weighted by Gasteiger charge is -2.60. The summed E-state index contributed by atoms with van der Waals surface area (Å²) in [4.78, 5) is 25.1. The van der Waals surface area contributed by atoms with E-state index in [4.69, 9.17) is 0 Å². The van der Waals surface area contributed by atoms with Gasteiger partial charge in [-0.3, -0.25) is 20.3 Å². The van der Waals surface area contributed by atoms with Gasteiger partial charge in [0.25, 0.3) is 0 Å². The highest BCUT2D eigenvalue weighted by Crippen LogP contribution is 2.54. The number of nitrogens with one attached hydrogen (secondary N) is 2. The van der Waals surface area contributed by atoms with E-state index in [1.165, 1.54) is 25.7 Å². The molecule has 1 spiro atoms. The molecule has 2 saturated heterocycles. The van der Waals surface area contributed by atoms with E-state index in [2.05, 4.69) is 10.7 Å². The molecule has 5 aliphatic rings. The van der Waals surface area contributed by atoms with Crippen molar-refractivity contribution in [3.05, 3.63) is 0 Å².